The van der Waals surface area contributed by atoms with Gasteiger partial charge in [-0.05, 0) is 69.0 Å². The van der Waals surface area contributed by atoms with Crippen LogP contribution in [-0.4, -0.2) is 53.0 Å². The zero-order valence-corrected chi connectivity index (χ0v) is 20.0. The third-order valence-corrected chi connectivity index (χ3v) is 6.09. The number of ether oxygens (including phenoxy) is 2. The van der Waals surface area contributed by atoms with Gasteiger partial charge in [0.25, 0.3) is 0 Å². The van der Waals surface area contributed by atoms with E-state index in [1.807, 2.05) is 30.3 Å². The number of anilines is 1. The largest absolute Gasteiger partial charge is 0.497 e. The fourth-order valence-corrected chi connectivity index (χ4v) is 4.28. The highest BCUT2D eigenvalue weighted by atomic mass is 16.5. The molecular weight excluding hydrogens is 442 g/mol. The number of ketones is 1. The van der Waals surface area contributed by atoms with E-state index in [2.05, 4.69) is 45.8 Å². The molecule has 4 aromatic rings. The molecule has 0 saturated carbocycles. The van der Waals surface area contributed by atoms with Crippen LogP contribution < -0.4 is 15.2 Å². The number of nitrogens with zero attached hydrogens (tertiary/aromatic N) is 4. The number of benzene rings is 2. The highest BCUT2D eigenvalue weighted by Gasteiger charge is 2.28. The first-order valence-corrected chi connectivity index (χ1v) is 11.4. The molecule has 0 radical (unpaired) electrons. The lowest BCUT2D eigenvalue weighted by molar-refractivity contribution is 0.101. The Bertz CT molecular complexity index is 1440. The van der Waals surface area contributed by atoms with Crippen LogP contribution in [0.15, 0.2) is 60.7 Å². The molecule has 1 aliphatic rings. The van der Waals surface area contributed by atoms with Gasteiger partial charge in [0.15, 0.2) is 5.76 Å². The number of hydrogen-bond acceptors (Lipinski definition) is 7. The van der Waals surface area contributed by atoms with Crippen LogP contribution in [-0.2, 0) is 6.54 Å². The van der Waals surface area contributed by atoms with Gasteiger partial charge in [0.05, 0.1) is 12.7 Å². The Kier molecular flexibility index (Phi) is 5.96. The topological polar surface area (TPSA) is 95.5 Å². The summed E-state index contributed by atoms with van der Waals surface area (Å²) >= 11 is 0. The SMILES string of the molecule is COc1ccc2c(c1)c(/C=C1\Oc3cc(-c4cnc(N)nc4)ccc3C1=O)cn2CCCN(C)C. The van der Waals surface area contributed by atoms with E-state index in [0.29, 0.717) is 17.1 Å². The van der Waals surface area contributed by atoms with Gasteiger partial charge in [-0.15, -0.1) is 0 Å². The summed E-state index contributed by atoms with van der Waals surface area (Å²) in [7, 11) is 5.79. The predicted octanol–water partition coefficient (Wildman–Crippen LogP) is 4.26. The Balaban J connectivity index is 1.49. The van der Waals surface area contributed by atoms with Gasteiger partial charge in [0.1, 0.15) is 11.5 Å². The molecule has 0 fully saturated rings. The van der Waals surface area contributed by atoms with Gasteiger partial charge in [0.2, 0.25) is 11.7 Å². The third-order valence-electron chi connectivity index (χ3n) is 6.09. The number of hydrogen-bond donors (Lipinski definition) is 1. The first kappa shape index (κ1) is 22.6. The summed E-state index contributed by atoms with van der Waals surface area (Å²) in [4.78, 5) is 23.4. The summed E-state index contributed by atoms with van der Waals surface area (Å²) < 4.78 is 13.7. The smallest absolute Gasteiger partial charge is 0.231 e. The molecule has 2 aromatic heterocycles. The highest BCUT2D eigenvalue weighted by molar-refractivity contribution is 6.15. The molecule has 0 spiro atoms. The second-order valence-corrected chi connectivity index (χ2v) is 8.80. The van der Waals surface area contributed by atoms with Crippen molar-refractivity contribution in [2.24, 2.45) is 0 Å². The van der Waals surface area contributed by atoms with E-state index >= 15 is 0 Å². The number of nitrogens with two attached hydrogens (primary N) is 1. The molecule has 178 valence electrons. The molecule has 0 atom stereocenters. The van der Waals surface area contributed by atoms with Crippen molar-refractivity contribution >= 4 is 28.7 Å². The van der Waals surface area contributed by atoms with Gasteiger partial charge in [-0.3, -0.25) is 4.79 Å². The molecule has 2 aromatic carbocycles. The van der Waals surface area contributed by atoms with E-state index < -0.39 is 0 Å². The number of allylic oxidation sites excluding steroid dienone is 1. The van der Waals surface area contributed by atoms with Gasteiger partial charge >= 0.3 is 0 Å². The van der Waals surface area contributed by atoms with Crippen molar-refractivity contribution in [1.29, 1.82) is 0 Å². The number of aryl methyl sites for hydroxylation is 1. The van der Waals surface area contributed by atoms with Crippen LogP contribution in [0.1, 0.15) is 22.3 Å². The molecule has 0 saturated heterocycles. The second kappa shape index (κ2) is 9.23. The summed E-state index contributed by atoms with van der Waals surface area (Å²) in [5, 5.41) is 1.01. The Hall–Kier alpha value is -4.17. The monoisotopic (exact) mass is 469 g/mol. The summed E-state index contributed by atoms with van der Waals surface area (Å²) in [5.74, 6) is 1.64. The number of rotatable bonds is 7. The van der Waals surface area contributed by atoms with Gasteiger partial charge in [-0.1, -0.05) is 6.07 Å². The molecule has 0 amide bonds. The van der Waals surface area contributed by atoms with Crippen LogP contribution in [0.3, 0.4) is 0 Å². The summed E-state index contributed by atoms with van der Waals surface area (Å²) in [6.07, 6.45) is 8.20. The van der Waals surface area contributed by atoms with Crippen molar-refractivity contribution in [3.05, 3.63) is 71.9 Å². The van der Waals surface area contributed by atoms with E-state index in [9.17, 15) is 4.79 Å². The highest BCUT2D eigenvalue weighted by Crippen LogP contribution is 2.36. The molecule has 3 heterocycles. The molecule has 0 aliphatic carbocycles. The van der Waals surface area contributed by atoms with Gasteiger partial charge in [-0.25, -0.2) is 9.97 Å². The van der Waals surface area contributed by atoms with Crippen LogP contribution in [0.2, 0.25) is 0 Å². The number of methoxy groups -OCH3 is 1. The Morgan fingerprint density at radius 3 is 2.66 bits per heavy atom. The van der Waals surface area contributed by atoms with Crippen molar-refractivity contribution in [2.45, 2.75) is 13.0 Å². The number of Topliss-reactive ketones (excluding diaryl/α,β-unsaturated/α-hetero) is 1. The van der Waals surface area contributed by atoms with Crippen molar-refractivity contribution in [3.8, 4) is 22.6 Å². The van der Waals surface area contributed by atoms with Crippen molar-refractivity contribution in [2.75, 3.05) is 33.5 Å². The average molecular weight is 470 g/mol. The van der Waals surface area contributed by atoms with E-state index in [4.69, 9.17) is 15.2 Å². The van der Waals surface area contributed by atoms with Crippen molar-refractivity contribution in [3.63, 3.8) is 0 Å². The normalized spacial score (nSPS) is 14.1. The zero-order chi connectivity index (χ0) is 24.5. The fourth-order valence-electron chi connectivity index (χ4n) is 4.28. The molecule has 2 N–H and O–H groups in total. The van der Waals surface area contributed by atoms with Crippen molar-refractivity contribution in [1.82, 2.24) is 19.4 Å². The quantitative estimate of drug-likeness (QED) is 0.404. The minimum atomic E-state index is -0.142. The van der Waals surface area contributed by atoms with Crippen LogP contribution >= 0.6 is 0 Å². The van der Waals surface area contributed by atoms with Gasteiger partial charge in [-0.2, -0.15) is 0 Å². The van der Waals surface area contributed by atoms with Gasteiger partial charge < -0.3 is 24.7 Å². The third kappa shape index (κ3) is 4.48. The second-order valence-electron chi connectivity index (χ2n) is 8.80. The maximum atomic E-state index is 13.1. The van der Waals surface area contributed by atoms with E-state index in [1.165, 1.54) is 0 Å². The Morgan fingerprint density at radius 1 is 1.11 bits per heavy atom. The van der Waals surface area contributed by atoms with Gasteiger partial charge in [0, 0.05) is 47.2 Å². The van der Waals surface area contributed by atoms with E-state index in [1.54, 1.807) is 25.6 Å². The molecule has 0 bridgehead atoms. The first-order chi connectivity index (χ1) is 16.9. The van der Waals surface area contributed by atoms with Crippen molar-refractivity contribution < 1.29 is 14.3 Å². The maximum Gasteiger partial charge on any atom is 0.231 e. The number of carbonyl (C=O) groups is 1. The predicted molar refractivity (Wildman–Crippen MR) is 136 cm³/mol. The number of carbonyl (C=O) groups excluding carboxylic acids is 1. The maximum absolute atomic E-state index is 13.1. The van der Waals surface area contributed by atoms with E-state index in [-0.39, 0.29) is 11.7 Å². The minimum Gasteiger partial charge on any atom is -0.497 e. The minimum absolute atomic E-state index is 0.142. The lowest BCUT2D eigenvalue weighted by Gasteiger charge is -2.10. The summed E-state index contributed by atoms with van der Waals surface area (Å²) in [5.41, 5.74) is 9.76. The molecule has 35 heavy (non-hydrogen) atoms. The summed E-state index contributed by atoms with van der Waals surface area (Å²) in [6, 6.07) is 11.5. The Labute approximate surface area is 203 Å². The number of aromatic nitrogens is 3. The molecule has 1 aliphatic heterocycles. The number of fused-ring (bicyclic) bond motifs is 2. The van der Waals surface area contributed by atoms with Crippen LogP contribution in [0.25, 0.3) is 28.1 Å². The molecule has 8 nitrogen and oxygen atoms in total. The average Bonchev–Trinajstić information content (AvgIpc) is 3.35. The zero-order valence-electron chi connectivity index (χ0n) is 20.0. The molecular formula is C27H27N5O3. The standard InChI is InChI=1S/C27H27N5O3/c1-31(2)9-4-10-32-16-18(22-13-20(34-3)6-8-23(22)32)12-25-26(33)21-7-5-17(11-24(21)35-25)19-14-29-27(28)30-15-19/h5-8,11-16H,4,9-10H2,1-3H3,(H2,28,29,30)/b25-12-. The molecule has 5 rings (SSSR count). The van der Waals surface area contributed by atoms with E-state index in [0.717, 1.165) is 52.9 Å². The lowest BCUT2D eigenvalue weighted by atomic mass is 10.0. The Morgan fingerprint density at radius 2 is 1.91 bits per heavy atom. The number of nitrogen functional groups attached to an aromatic ring is 1. The molecule has 8 heteroatoms. The van der Waals surface area contributed by atoms with Crippen LogP contribution in [0.4, 0.5) is 5.95 Å². The summed E-state index contributed by atoms with van der Waals surface area (Å²) in [6.45, 7) is 1.86. The molecule has 0 unspecified atom stereocenters. The first-order valence-electron chi connectivity index (χ1n) is 11.4. The van der Waals surface area contributed by atoms with Crippen LogP contribution in [0, 0.1) is 0 Å². The van der Waals surface area contributed by atoms with Crippen LogP contribution in [0.5, 0.6) is 11.5 Å². The lowest BCUT2D eigenvalue weighted by Crippen LogP contribution is -2.14. The fraction of sp³-hybridized carbons (Fsp3) is 0.222.